The van der Waals surface area contributed by atoms with Gasteiger partial charge in [0.25, 0.3) is 0 Å². The molecule has 1 aromatic carbocycles. The van der Waals surface area contributed by atoms with Gasteiger partial charge in [-0.3, -0.25) is 0 Å². The van der Waals surface area contributed by atoms with E-state index in [9.17, 15) is 4.79 Å². The van der Waals surface area contributed by atoms with E-state index >= 15 is 0 Å². The summed E-state index contributed by atoms with van der Waals surface area (Å²) >= 11 is 0. The number of ether oxygens (including phenoxy) is 2. The Balaban J connectivity index is 2.50. The highest BCUT2D eigenvalue weighted by atomic mass is 16.5. The summed E-state index contributed by atoms with van der Waals surface area (Å²) in [4.78, 5) is 11.4. The van der Waals surface area contributed by atoms with Gasteiger partial charge in [0.15, 0.2) is 0 Å². The molecule has 2 atom stereocenters. The largest absolute Gasteiger partial charge is 0.463 e. The highest BCUT2D eigenvalue weighted by Crippen LogP contribution is 2.16. The number of benzene rings is 1. The Morgan fingerprint density at radius 3 is 2.67 bits per heavy atom. The molecule has 0 aromatic heterocycles. The molecule has 0 aliphatic heterocycles. The van der Waals surface area contributed by atoms with Gasteiger partial charge in [0.05, 0.1) is 19.8 Å². The van der Waals surface area contributed by atoms with Crippen LogP contribution in [0.25, 0.3) is 0 Å². The number of esters is 1. The summed E-state index contributed by atoms with van der Waals surface area (Å²) < 4.78 is 10.6. The summed E-state index contributed by atoms with van der Waals surface area (Å²) in [5, 5.41) is 0. The maximum Gasteiger partial charge on any atom is 0.330 e. The molecule has 0 amide bonds. The molecule has 0 saturated heterocycles. The molecule has 0 saturated carbocycles. The van der Waals surface area contributed by atoms with Crippen molar-refractivity contribution in [2.45, 2.75) is 20.5 Å². The second kappa shape index (κ2) is 9.94. The normalized spacial score (nSPS) is 13.8. The zero-order chi connectivity index (χ0) is 15.5. The topological polar surface area (TPSA) is 35.5 Å². The Hall–Kier alpha value is -1.87. The Morgan fingerprint density at radius 1 is 1.33 bits per heavy atom. The van der Waals surface area contributed by atoms with E-state index in [2.05, 4.69) is 13.5 Å². The van der Waals surface area contributed by atoms with Crippen LogP contribution in [0.2, 0.25) is 0 Å². The molecule has 0 spiro atoms. The molecule has 0 radical (unpaired) electrons. The molecule has 0 aliphatic rings. The highest BCUT2D eigenvalue weighted by molar-refractivity contribution is 5.81. The Bertz CT molecular complexity index is 451. The third-order valence-corrected chi connectivity index (χ3v) is 3.24. The standard InChI is InChI=1S/C18H24O3/c1-4-15(3)17(11-12-18(19)21-5-2)14-20-13-16-9-7-6-8-10-16/h4,6-12,15,17H,1,5,13-14H2,2-3H3/b12-11+/t15-,17-/m0/s1. The molecule has 1 rings (SSSR count). The van der Waals surface area contributed by atoms with E-state index < -0.39 is 0 Å². The number of hydrogen-bond acceptors (Lipinski definition) is 3. The monoisotopic (exact) mass is 288 g/mol. The molecule has 0 N–H and O–H groups in total. The fraction of sp³-hybridized carbons (Fsp3) is 0.389. The van der Waals surface area contributed by atoms with Crippen molar-refractivity contribution >= 4 is 5.97 Å². The molecule has 0 fully saturated rings. The van der Waals surface area contributed by atoms with E-state index in [-0.39, 0.29) is 17.8 Å². The lowest BCUT2D eigenvalue weighted by Crippen LogP contribution is -2.15. The maximum absolute atomic E-state index is 11.4. The summed E-state index contributed by atoms with van der Waals surface area (Å²) in [5.41, 5.74) is 1.14. The average molecular weight is 288 g/mol. The second-order valence-corrected chi connectivity index (χ2v) is 4.87. The molecular formula is C18H24O3. The predicted octanol–water partition coefficient (Wildman–Crippen LogP) is 3.76. The van der Waals surface area contributed by atoms with Gasteiger partial charge in [0.2, 0.25) is 0 Å². The van der Waals surface area contributed by atoms with Crippen molar-refractivity contribution in [2.75, 3.05) is 13.2 Å². The number of carbonyl (C=O) groups is 1. The van der Waals surface area contributed by atoms with E-state index in [1.165, 1.54) is 6.08 Å². The second-order valence-electron chi connectivity index (χ2n) is 4.87. The van der Waals surface area contributed by atoms with Crippen molar-refractivity contribution < 1.29 is 14.3 Å². The summed E-state index contributed by atoms with van der Waals surface area (Å²) in [6.45, 7) is 9.14. The molecule has 1 aromatic rings. The molecule has 3 nitrogen and oxygen atoms in total. The number of carbonyl (C=O) groups excluding carboxylic acids is 1. The Kier molecular flexibility index (Phi) is 8.14. The summed E-state index contributed by atoms with van der Waals surface area (Å²) in [6.07, 6.45) is 5.18. The van der Waals surface area contributed by atoms with Crippen molar-refractivity contribution in [3.05, 3.63) is 60.7 Å². The lowest BCUT2D eigenvalue weighted by molar-refractivity contribution is -0.137. The lowest BCUT2D eigenvalue weighted by Gasteiger charge is -2.17. The molecule has 0 heterocycles. The number of hydrogen-bond donors (Lipinski definition) is 0. The fourth-order valence-corrected chi connectivity index (χ4v) is 1.84. The van der Waals surface area contributed by atoms with Gasteiger partial charge in [0, 0.05) is 12.0 Å². The first-order chi connectivity index (χ1) is 10.2. The van der Waals surface area contributed by atoms with Crippen molar-refractivity contribution in [3.8, 4) is 0 Å². The minimum Gasteiger partial charge on any atom is -0.463 e. The molecule has 0 bridgehead atoms. The van der Waals surface area contributed by atoms with Gasteiger partial charge in [-0.1, -0.05) is 49.4 Å². The fourth-order valence-electron chi connectivity index (χ4n) is 1.84. The van der Waals surface area contributed by atoms with Gasteiger partial charge in [-0.15, -0.1) is 6.58 Å². The first-order valence-electron chi connectivity index (χ1n) is 7.26. The van der Waals surface area contributed by atoms with E-state index in [0.29, 0.717) is 19.8 Å². The lowest BCUT2D eigenvalue weighted by atomic mass is 9.94. The molecule has 0 unspecified atom stereocenters. The van der Waals surface area contributed by atoms with Crippen LogP contribution in [-0.2, 0) is 20.9 Å². The van der Waals surface area contributed by atoms with Crippen molar-refractivity contribution in [1.82, 2.24) is 0 Å². The van der Waals surface area contributed by atoms with Crippen molar-refractivity contribution in [2.24, 2.45) is 11.8 Å². The van der Waals surface area contributed by atoms with Crippen molar-refractivity contribution in [3.63, 3.8) is 0 Å². The van der Waals surface area contributed by atoms with Crippen LogP contribution in [0, 0.1) is 11.8 Å². The molecular weight excluding hydrogens is 264 g/mol. The van der Waals surface area contributed by atoms with E-state index in [1.54, 1.807) is 6.92 Å². The van der Waals surface area contributed by atoms with Gasteiger partial charge < -0.3 is 9.47 Å². The zero-order valence-corrected chi connectivity index (χ0v) is 12.8. The number of allylic oxidation sites excluding steroid dienone is 1. The van der Waals surface area contributed by atoms with Gasteiger partial charge >= 0.3 is 5.97 Å². The van der Waals surface area contributed by atoms with Crippen LogP contribution < -0.4 is 0 Å². The highest BCUT2D eigenvalue weighted by Gasteiger charge is 2.12. The van der Waals surface area contributed by atoms with Crippen molar-refractivity contribution in [1.29, 1.82) is 0 Å². The van der Waals surface area contributed by atoms with Gasteiger partial charge in [0.1, 0.15) is 0 Å². The van der Waals surface area contributed by atoms with Gasteiger partial charge in [-0.25, -0.2) is 4.79 Å². The summed E-state index contributed by atoms with van der Waals surface area (Å²) in [6, 6.07) is 10.0. The first-order valence-corrected chi connectivity index (χ1v) is 7.26. The van der Waals surface area contributed by atoms with Gasteiger partial charge in [-0.05, 0) is 18.4 Å². The molecule has 0 aliphatic carbocycles. The smallest absolute Gasteiger partial charge is 0.330 e. The Labute approximate surface area is 127 Å². The summed E-state index contributed by atoms with van der Waals surface area (Å²) in [7, 11) is 0. The van der Waals surface area contributed by atoms with E-state index in [4.69, 9.17) is 9.47 Å². The van der Waals surface area contributed by atoms with Crippen LogP contribution in [-0.4, -0.2) is 19.2 Å². The van der Waals surface area contributed by atoms with Crippen LogP contribution in [0.4, 0.5) is 0 Å². The molecule has 3 heteroatoms. The summed E-state index contributed by atoms with van der Waals surface area (Å²) in [5.74, 6) is 0.0175. The molecule has 21 heavy (non-hydrogen) atoms. The number of rotatable bonds is 9. The minimum atomic E-state index is -0.318. The average Bonchev–Trinajstić information content (AvgIpc) is 2.51. The SMILES string of the molecule is C=C[C@H](C)[C@@H](/C=C/C(=O)OCC)COCc1ccccc1. The third-order valence-electron chi connectivity index (χ3n) is 3.24. The predicted molar refractivity (Wildman–Crippen MR) is 84.7 cm³/mol. The van der Waals surface area contributed by atoms with Crippen LogP contribution in [0.3, 0.4) is 0 Å². The Morgan fingerprint density at radius 2 is 2.05 bits per heavy atom. The quantitative estimate of drug-likeness (QED) is 0.394. The van der Waals surface area contributed by atoms with Gasteiger partial charge in [-0.2, -0.15) is 0 Å². The minimum absolute atomic E-state index is 0.107. The van der Waals surface area contributed by atoms with Crippen LogP contribution in [0.15, 0.2) is 55.1 Å². The third kappa shape index (κ3) is 6.91. The maximum atomic E-state index is 11.4. The first kappa shape index (κ1) is 17.2. The van der Waals surface area contributed by atoms with E-state index in [1.807, 2.05) is 42.5 Å². The van der Waals surface area contributed by atoms with E-state index in [0.717, 1.165) is 5.56 Å². The van der Waals surface area contributed by atoms with Crippen LogP contribution in [0.5, 0.6) is 0 Å². The molecule has 114 valence electrons. The zero-order valence-electron chi connectivity index (χ0n) is 12.8. The van der Waals surface area contributed by atoms with Crippen LogP contribution in [0.1, 0.15) is 19.4 Å². The van der Waals surface area contributed by atoms with Crippen LogP contribution >= 0.6 is 0 Å².